The van der Waals surface area contributed by atoms with E-state index in [1.54, 1.807) is 13.2 Å². The molecule has 0 aliphatic carbocycles. The predicted octanol–water partition coefficient (Wildman–Crippen LogP) is 5.27. The first kappa shape index (κ1) is 16.5. The van der Waals surface area contributed by atoms with Gasteiger partial charge in [-0.15, -0.1) is 0 Å². The lowest BCUT2D eigenvalue weighted by Crippen LogP contribution is -2.04. The van der Waals surface area contributed by atoms with Crippen molar-refractivity contribution < 1.29 is 14.6 Å². The Morgan fingerprint density at radius 2 is 2.00 bits per heavy atom. The van der Waals surface area contributed by atoms with Gasteiger partial charge in [-0.1, -0.05) is 32.3 Å². The van der Waals surface area contributed by atoms with E-state index in [1.807, 2.05) is 19.1 Å². The summed E-state index contributed by atoms with van der Waals surface area (Å²) < 4.78 is 11.0. The van der Waals surface area contributed by atoms with Gasteiger partial charge in [-0.05, 0) is 43.2 Å². The molecule has 1 N–H and O–H groups in total. The Morgan fingerprint density at radius 3 is 2.73 bits per heavy atom. The third-order valence-corrected chi connectivity index (χ3v) is 3.94. The quantitative estimate of drug-likeness (QED) is 0.697. The summed E-state index contributed by atoms with van der Waals surface area (Å²) in [5.74, 6) is 2.83. The maximum atomic E-state index is 9.72. The Kier molecular flexibility index (Phi) is 5.93. The van der Waals surface area contributed by atoms with E-state index in [0.717, 1.165) is 23.5 Å². The first-order chi connectivity index (χ1) is 10.6. The standard InChI is InChI=1S/C19H26O3/c1-4-5-6-7-8-17-12-16(11-14(2)22-17)15-9-10-18(20)19(13-15)21-3/h9-13,16,20H,4-8H2,1-3H3. The average Bonchev–Trinajstić information content (AvgIpc) is 2.51. The number of phenols is 1. The lowest BCUT2D eigenvalue weighted by atomic mass is 9.94. The van der Waals surface area contributed by atoms with Crippen molar-refractivity contribution in [3.63, 3.8) is 0 Å². The van der Waals surface area contributed by atoms with E-state index >= 15 is 0 Å². The van der Waals surface area contributed by atoms with Gasteiger partial charge in [0.05, 0.1) is 12.9 Å². The van der Waals surface area contributed by atoms with Crippen LogP contribution in [0.25, 0.3) is 0 Å². The highest BCUT2D eigenvalue weighted by Gasteiger charge is 2.16. The van der Waals surface area contributed by atoms with Crippen LogP contribution in [0.4, 0.5) is 0 Å². The molecule has 3 nitrogen and oxygen atoms in total. The molecule has 0 fully saturated rings. The Bertz CT molecular complexity index is 558. The minimum absolute atomic E-state index is 0.169. The molecule has 0 saturated heterocycles. The van der Waals surface area contributed by atoms with Gasteiger partial charge in [0.1, 0.15) is 5.76 Å². The summed E-state index contributed by atoms with van der Waals surface area (Å²) in [5.41, 5.74) is 1.10. The van der Waals surface area contributed by atoms with Crippen LogP contribution in [0.2, 0.25) is 0 Å². The van der Waals surface area contributed by atoms with Gasteiger partial charge in [0, 0.05) is 12.3 Å². The molecular formula is C19H26O3. The van der Waals surface area contributed by atoms with Crippen LogP contribution >= 0.6 is 0 Å². The van der Waals surface area contributed by atoms with Crippen LogP contribution in [0.15, 0.2) is 41.9 Å². The molecule has 1 atom stereocenters. The van der Waals surface area contributed by atoms with Crippen LogP contribution in [-0.4, -0.2) is 12.2 Å². The van der Waals surface area contributed by atoms with E-state index in [1.165, 1.54) is 25.7 Å². The van der Waals surface area contributed by atoms with Crippen molar-refractivity contribution in [1.82, 2.24) is 0 Å². The summed E-state index contributed by atoms with van der Waals surface area (Å²) >= 11 is 0. The maximum absolute atomic E-state index is 9.72. The zero-order valence-corrected chi connectivity index (χ0v) is 13.8. The Hall–Kier alpha value is -1.90. The van der Waals surface area contributed by atoms with E-state index < -0.39 is 0 Å². The van der Waals surface area contributed by atoms with Crippen molar-refractivity contribution in [2.45, 2.75) is 51.9 Å². The summed E-state index contributed by atoms with van der Waals surface area (Å²) in [6.07, 6.45) is 10.2. The highest BCUT2D eigenvalue weighted by molar-refractivity contribution is 5.45. The summed E-state index contributed by atoms with van der Waals surface area (Å²) in [4.78, 5) is 0. The van der Waals surface area contributed by atoms with Gasteiger partial charge in [0.15, 0.2) is 11.5 Å². The number of allylic oxidation sites excluding steroid dienone is 4. The van der Waals surface area contributed by atoms with Crippen LogP contribution < -0.4 is 4.74 Å². The molecule has 2 rings (SSSR count). The van der Waals surface area contributed by atoms with Crippen molar-refractivity contribution in [3.05, 3.63) is 47.4 Å². The van der Waals surface area contributed by atoms with Crippen molar-refractivity contribution in [2.75, 3.05) is 7.11 Å². The van der Waals surface area contributed by atoms with E-state index in [0.29, 0.717) is 5.75 Å². The third kappa shape index (κ3) is 4.30. The number of aromatic hydroxyl groups is 1. The molecule has 1 aliphatic rings. The van der Waals surface area contributed by atoms with Gasteiger partial charge in [-0.2, -0.15) is 0 Å². The number of unbranched alkanes of at least 4 members (excludes halogenated alkanes) is 3. The zero-order valence-electron chi connectivity index (χ0n) is 13.8. The molecule has 1 aromatic carbocycles. The van der Waals surface area contributed by atoms with Gasteiger partial charge in [0.2, 0.25) is 0 Å². The molecule has 120 valence electrons. The second kappa shape index (κ2) is 7.92. The normalized spacial score (nSPS) is 17.5. The molecule has 22 heavy (non-hydrogen) atoms. The molecule has 1 aliphatic heterocycles. The minimum Gasteiger partial charge on any atom is -0.504 e. The first-order valence-electron chi connectivity index (χ1n) is 8.08. The van der Waals surface area contributed by atoms with Gasteiger partial charge in [0.25, 0.3) is 0 Å². The molecule has 0 amide bonds. The van der Waals surface area contributed by atoms with Crippen molar-refractivity contribution in [3.8, 4) is 11.5 Å². The highest BCUT2D eigenvalue weighted by atomic mass is 16.5. The number of phenolic OH excluding ortho intramolecular Hbond substituents is 1. The Morgan fingerprint density at radius 1 is 1.18 bits per heavy atom. The van der Waals surface area contributed by atoms with Gasteiger partial charge in [-0.25, -0.2) is 0 Å². The summed E-state index contributed by atoms with van der Waals surface area (Å²) in [5, 5.41) is 9.72. The smallest absolute Gasteiger partial charge is 0.160 e. The first-order valence-corrected chi connectivity index (χ1v) is 8.08. The molecule has 0 saturated carbocycles. The predicted molar refractivity (Wildman–Crippen MR) is 89.1 cm³/mol. The second-order valence-corrected chi connectivity index (χ2v) is 5.78. The van der Waals surface area contributed by atoms with E-state index in [2.05, 4.69) is 19.1 Å². The molecule has 0 bridgehead atoms. The summed E-state index contributed by atoms with van der Waals surface area (Å²) in [6.45, 7) is 4.21. The van der Waals surface area contributed by atoms with E-state index in [4.69, 9.17) is 9.47 Å². The fourth-order valence-electron chi connectivity index (χ4n) is 2.73. The van der Waals surface area contributed by atoms with Crippen LogP contribution in [0.3, 0.4) is 0 Å². The number of rotatable bonds is 7. The number of hydrogen-bond donors (Lipinski definition) is 1. The number of ether oxygens (including phenoxy) is 2. The molecule has 0 radical (unpaired) electrons. The lowest BCUT2D eigenvalue weighted by molar-refractivity contribution is 0.277. The van der Waals surface area contributed by atoms with E-state index in [9.17, 15) is 5.11 Å². The van der Waals surface area contributed by atoms with Crippen LogP contribution in [0.1, 0.15) is 57.4 Å². The summed E-state index contributed by atoms with van der Waals surface area (Å²) in [6, 6.07) is 5.50. The Balaban J connectivity index is 2.11. The van der Waals surface area contributed by atoms with E-state index in [-0.39, 0.29) is 11.7 Å². The minimum atomic E-state index is 0.169. The van der Waals surface area contributed by atoms with Crippen molar-refractivity contribution >= 4 is 0 Å². The molecule has 1 unspecified atom stereocenters. The van der Waals surface area contributed by atoms with Crippen LogP contribution in [0.5, 0.6) is 11.5 Å². The number of benzene rings is 1. The van der Waals surface area contributed by atoms with Gasteiger partial charge in [-0.3, -0.25) is 0 Å². The largest absolute Gasteiger partial charge is 0.504 e. The molecular weight excluding hydrogens is 276 g/mol. The fourth-order valence-corrected chi connectivity index (χ4v) is 2.73. The van der Waals surface area contributed by atoms with Crippen molar-refractivity contribution in [1.29, 1.82) is 0 Å². The topological polar surface area (TPSA) is 38.7 Å². The van der Waals surface area contributed by atoms with Crippen LogP contribution in [0, 0.1) is 0 Å². The average molecular weight is 302 g/mol. The lowest BCUT2D eigenvalue weighted by Gasteiger charge is -2.21. The summed E-state index contributed by atoms with van der Waals surface area (Å²) in [7, 11) is 1.57. The Labute approximate surface area is 133 Å². The zero-order chi connectivity index (χ0) is 15.9. The fraction of sp³-hybridized carbons (Fsp3) is 0.474. The third-order valence-electron chi connectivity index (χ3n) is 3.94. The van der Waals surface area contributed by atoms with Crippen LogP contribution in [-0.2, 0) is 4.74 Å². The number of methoxy groups -OCH3 is 1. The molecule has 3 heteroatoms. The maximum Gasteiger partial charge on any atom is 0.160 e. The van der Waals surface area contributed by atoms with Gasteiger partial charge >= 0.3 is 0 Å². The molecule has 0 spiro atoms. The number of hydrogen-bond acceptors (Lipinski definition) is 3. The van der Waals surface area contributed by atoms with Crippen molar-refractivity contribution in [2.24, 2.45) is 0 Å². The second-order valence-electron chi connectivity index (χ2n) is 5.78. The van der Waals surface area contributed by atoms with Gasteiger partial charge < -0.3 is 14.6 Å². The monoisotopic (exact) mass is 302 g/mol. The molecule has 0 aromatic heterocycles. The molecule has 1 aromatic rings. The SMILES string of the molecule is CCCCCCC1=CC(c2ccc(O)c(OC)c2)C=C(C)O1. The highest BCUT2D eigenvalue weighted by Crippen LogP contribution is 2.34. The molecule has 1 heterocycles.